The third-order valence-electron chi connectivity index (χ3n) is 2.44. The van der Waals surface area contributed by atoms with Gasteiger partial charge in [0, 0.05) is 10.5 Å². The van der Waals surface area contributed by atoms with Crippen molar-refractivity contribution in [3.05, 3.63) is 35.4 Å². The SMILES string of the molecule is Cc1ccc(C2CC(C=S)[SH]=[SH]2)cc1. The molecule has 1 aromatic rings. The summed E-state index contributed by atoms with van der Waals surface area (Å²) in [6, 6.07) is 8.92. The zero-order chi connectivity index (χ0) is 9.97. The fraction of sp³-hybridized carbons (Fsp3) is 0.364. The summed E-state index contributed by atoms with van der Waals surface area (Å²) in [6.07, 6.45) is 1.23. The summed E-state index contributed by atoms with van der Waals surface area (Å²) in [7, 11) is 3.01. The first-order chi connectivity index (χ1) is 6.79. The molecule has 0 N–H and O–H groups in total. The maximum Gasteiger partial charge on any atom is 0.0314 e. The fourth-order valence-corrected chi connectivity index (χ4v) is 5.77. The molecule has 0 aromatic heterocycles. The second-order valence-electron chi connectivity index (χ2n) is 3.60. The fourth-order valence-electron chi connectivity index (χ4n) is 1.56. The first-order valence-corrected chi connectivity index (χ1v) is 7.82. The minimum Gasteiger partial charge on any atom is -0.171 e. The van der Waals surface area contributed by atoms with Crippen LogP contribution in [0.4, 0.5) is 0 Å². The van der Waals surface area contributed by atoms with Crippen LogP contribution in [0, 0.1) is 6.92 Å². The lowest BCUT2D eigenvalue weighted by molar-refractivity contribution is 0.880. The molecule has 1 aliphatic heterocycles. The van der Waals surface area contributed by atoms with E-state index in [0.29, 0.717) is 10.5 Å². The summed E-state index contributed by atoms with van der Waals surface area (Å²) in [4.78, 5) is 0. The largest absolute Gasteiger partial charge is 0.171 e. The zero-order valence-corrected chi connectivity index (χ0v) is 10.7. The Hall–Kier alpha value is 0.01000. The first-order valence-electron chi connectivity index (χ1n) is 4.71. The predicted molar refractivity (Wildman–Crippen MR) is 73.5 cm³/mol. The summed E-state index contributed by atoms with van der Waals surface area (Å²) >= 11 is 5.00. The van der Waals surface area contributed by atoms with E-state index in [-0.39, 0.29) is 0 Å². The standard InChI is InChI=1S/C11H14S3/c1-8-2-4-9(5-3-8)11-6-10(7-12)13-14-11/h2-5,7,10-11,13-14H,6H2,1H3. The summed E-state index contributed by atoms with van der Waals surface area (Å²) in [5, 5.41) is 3.28. The van der Waals surface area contributed by atoms with Gasteiger partial charge in [-0.25, -0.2) is 0 Å². The third-order valence-corrected chi connectivity index (χ3v) is 6.67. The smallest absolute Gasteiger partial charge is 0.0314 e. The van der Waals surface area contributed by atoms with Gasteiger partial charge in [0.1, 0.15) is 0 Å². The number of benzene rings is 1. The van der Waals surface area contributed by atoms with E-state index >= 15 is 0 Å². The number of hydrogen-bond acceptors (Lipinski definition) is 1. The molecule has 2 atom stereocenters. The molecule has 1 aromatic carbocycles. The topological polar surface area (TPSA) is 0 Å². The van der Waals surface area contributed by atoms with Crippen LogP contribution < -0.4 is 0 Å². The molecule has 3 heteroatoms. The van der Waals surface area contributed by atoms with Gasteiger partial charge >= 0.3 is 0 Å². The van der Waals surface area contributed by atoms with E-state index in [1.807, 2.05) is 5.37 Å². The Bertz CT molecular complexity index is 353. The molecule has 0 spiro atoms. The zero-order valence-electron chi connectivity index (χ0n) is 8.05. The quantitative estimate of drug-likeness (QED) is 0.593. The number of aryl methyl sites for hydroxylation is 1. The molecule has 2 unspecified atom stereocenters. The van der Waals surface area contributed by atoms with Crippen LogP contribution in [-0.4, -0.2) is 10.6 Å². The highest BCUT2D eigenvalue weighted by Crippen LogP contribution is 2.26. The van der Waals surface area contributed by atoms with E-state index in [2.05, 4.69) is 31.2 Å². The van der Waals surface area contributed by atoms with E-state index in [0.717, 1.165) is 0 Å². The maximum atomic E-state index is 5.00. The highest BCUT2D eigenvalue weighted by atomic mass is 32.8. The van der Waals surface area contributed by atoms with Crippen molar-refractivity contribution < 1.29 is 0 Å². The number of thiocarbonyl (C=S) groups is 1. The molecule has 2 rings (SSSR count). The van der Waals surface area contributed by atoms with E-state index in [9.17, 15) is 0 Å². The van der Waals surface area contributed by atoms with Crippen molar-refractivity contribution in [3.8, 4) is 0 Å². The average molecular weight is 242 g/mol. The Morgan fingerprint density at radius 2 is 2.00 bits per heavy atom. The van der Waals surface area contributed by atoms with Crippen molar-refractivity contribution in [2.75, 3.05) is 0 Å². The molecule has 14 heavy (non-hydrogen) atoms. The number of thiol groups is 2. The van der Waals surface area contributed by atoms with Crippen molar-refractivity contribution in [2.24, 2.45) is 0 Å². The molecule has 0 radical (unpaired) electrons. The predicted octanol–water partition coefficient (Wildman–Crippen LogP) is 2.35. The Labute approximate surface area is 97.3 Å². The van der Waals surface area contributed by atoms with Crippen LogP contribution >= 0.6 is 12.2 Å². The third kappa shape index (κ3) is 2.33. The van der Waals surface area contributed by atoms with Gasteiger partial charge in [-0.1, -0.05) is 42.0 Å². The molecule has 0 fully saturated rings. The highest BCUT2D eigenvalue weighted by molar-refractivity contribution is 8.27. The molecule has 0 nitrogen and oxygen atoms in total. The van der Waals surface area contributed by atoms with E-state index in [1.165, 1.54) is 38.2 Å². The van der Waals surface area contributed by atoms with Crippen LogP contribution in [0.3, 0.4) is 0 Å². The lowest BCUT2D eigenvalue weighted by Crippen LogP contribution is -2.03. The Kier molecular flexibility index (Phi) is 3.52. The Morgan fingerprint density at radius 1 is 1.29 bits per heavy atom. The van der Waals surface area contributed by atoms with Gasteiger partial charge < -0.3 is 0 Å². The highest BCUT2D eigenvalue weighted by Gasteiger charge is 2.17. The molecule has 0 amide bonds. The van der Waals surface area contributed by atoms with E-state index < -0.39 is 0 Å². The number of hydrogen-bond donors (Lipinski definition) is 2. The van der Waals surface area contributed by atoms with Crippen LogP contribution in [-0.2, 0) is 20.6 Å². The lowest BCUT2D eigenvalue weighted by atomic mass is 10.1. The summed E-state index contributed by atoms with van der Waals surface area (Å²) in [5.41, 5.74) is 2.82. The van der Waals surface area contributed by atoms with Gasteiger partial charge in [0.05, 0.1) is 0 Å². The Balaban J connectivity index is 2.14. The molecule has 0 saturated heterocycles. The van der Waals surface area contributed by atoms with Gasteiger partial charge in [0.15, 0.2) is 0 Å². The number of rotatable bonds is 2. The molecule has 76 valence electrons. The van der Waals surface area contributed by atoms with Gasteiger partial charge in [0.25, 0.3) is 0 Å². The second-order valence-corrected chi connectivity index (χ2v) is 7.00. The average Bonchev–Trinajstić information content (AvgIpc) is 2.67. The molecular weight excluding hydrogens is 228 g/mol. The van der Waals surface area contributed by atoms with Gasteiger partial charge in [-0.05, 0) is 24.3 Å². The van der Waals surface area contributed by atoms with E-state index in [1.54, 1.807) is 0 Å². The summed E-state index contributed by atoms with van der Waals surface area (Å²) < 4.78 is 0. The second kappa shape index (κ2) is 4.69. The monoisotopic (exact) mass is 242 g/mol. The van der Waals surface area contributed by atoms with Gasteiger partial charge in [0.2, 0.25) is 0 Å². The van der Waals surface area contributed by atoms with Crippen molar-refractivity contribution >= 4 is 38.2 Å². The van der Waals surface area contributed by atoms with E-state index in [4.69, 9.17) is 12.2 Å². The molecule has 1 aliphatic rings. The molecule has 0 bridgehead atoms. The molecule has 0 saturated carbocycles. The maximum absolute atomic E-state index is 5.00. The first kappa shape index (κ1) is 10.5. The van der Waals surface area contributed by atoms with Crippen LogP contribution in [0.2, 0.25) is 0 Å². The van der Waals surface area contributed by atoms with Crippen molar-refractivity contribution in [2.45, 2.75) is 23.8 Å². The Morgan fingerprint density at radius 3 is 2.57 bits per heavy atom. The van der Waals surface area contributed by atoms with Crippen LogP contribution in [0.15, 0.2) is 24.3 Å². The minimum absolute atomic E-state index is 0.637. The van der Waals surface area contributed by atoms with Gasteiger partial charge in [-0.3, -0.25) is 0 Å². The van der Waals surface area contributed by atoms with Gasteiger partial charge in [-0.15, -0.1) is 0 Å². The van der Waals surface area contributed by atoms with Crippen LogP contribution in [0.5, 0.6) is 0 Å². The molecule has 0 aliphatic carbocycles. The summed E-state index contributed by atoms with van der Waals surface area (Å²) in [5.74, 6) is 0. The summed E-state index contributed by atoms with van der Waals surface area (Å²) in [6.45, 7) is 2.13. The van der Waals surface area contributed by atoms with Crippen LogP contribution in [0.1, 0.15) is 22.8 Å². The molecule has 1 heterocycles. The lowest BCUT2D eigenvalue weighted by Gasteiger charge is -2.08. The van der Waals surface area contributed by atoms with Crippen molar-refractivity contribution in [1.29, 1.82) is 0 Å². The molecular formula is C11H14S3. The minimum atomic E-state index is 0.637. The van der Waals surface area contributed by atoms with Gasteiger partial charge in [-0.2, -0.15) is 20.6 Å². The normalized spacial score (nSPS) is 26.4. The van der Waals surface area contributed by atoms with Crippen LogP contribution in [0.25, 0.3) is 0 Å². The van der Waals surface area contributed by atoms with Crippen molar-refractivity contribution in [1.82, 2.24) is 0 Å². The van der Waals surface area contributed by atoms with Crippen molar-refractivity contribution in [3.63, 3.8) is 0 Å².